The van der Waals surface area contributed by atoms with Gasteiger partial charge in [0.2, 0.25) is 11.7 Å². The molecule has 0 radical (unpaired) electrons. The van der Waals surface area contributed by atoms with Crippen LogP contribution < -0.4 is 38.3 Å². The highest BCUT2D eigenvalue weighted by molar-refractivity contribution is 5.98. The van der Waals surface area contributed by atoms with Crippen molar-refractivity contribution in [2.45, 2.75) is 32.0 Å². The fourth-order valence-electron chi connectivity index (χ4n) is 5.68. The lowest BCUT2D eigenvalue weighted by Crippen LogP contribution is -2.37. The molecule has 2 amide bonds. The number of fused-ring (bicyclic) bond motifs is 2. The Morgan fingerprint density at radius 3 is 2.69 bits per heavy atom. The lowest BCUT2D eigenvalue weighted by molar-refractivity contribution is 0.0931. The normalized spacial score (nSPS) is 13.9. The van der Waals surface area contributed by atoms with Crippen molar-refractivity contribution in [1.29, 1.82) is 0 Å². The van der Waals surface area contributed by atoms with E-state index in [4.69, 9.17) is 5.73 Å². The second-order valence-electron chi connectivity index (χ2n) is 11.1. The van der Waals surface area contributed by atoms with Crippen molar-refractivity contribution < 1.29 is 23.6 Å². The van der Waals surface area contributed by atoms with Crippen molar-refractivity contribution in [3.63, 3.8) is 0 Å². The number of hydrogen-bond acceptors (Lipinski definition) is 12. The topological polar surface area (TPSA) is 240 Å². The second-order valence-corrected chi connectivity index (χ2v) is 11.1. The maximum Gasteiger partial charge on any atom is 0.439 e. The van der Waals surface area contributed by atoms with Gasteiger partial charge in [0, 0.05) is 24.2 Å². The Morgan fingerprint density at radius 2 is 1.92 bits per heavy atom. The van der Waals surface area contributed by atoms with E-state index < -0.39 is 34.2 Å². The number of rotatable bonds is 9. The van der Waals surface area contributed by atoms with Gasteiger partial charge in [-0.1, -0.05) is 23.4 Å². The van der Waals surface area contributed by atoms with Gasteiger partial charge in [-0.2, -0.15) is 0 Å². The summed E-state index contributed by atoms with van der Waals surface area (Å²) in [5.41, 5.74) is 6.55. The number of nitrogens with two attached hydrogens (primary N) is 1. The van der Waals surface area contributed by atoms with Crippen molar-refractivity contribution in [3.05, 3.63) is 119 Å². The number of carbonyl (C=O) groups excluding carboxylic acids is 2. The van der Waals surface area contributed by atoms with E-state index in [-0.39, 0.29) is 59.1 Å². The van der Waals surface area contributed by atoms with Crippen LogP contribution in [0.1, 0.15) is 55.7 Å². The maximum absolute atomic E-state index is 14.5. The van der Waals surface area contributed by atoms with Crippen LogP contribution in [0.15, 0.2) is 67.6 Å². The molecular formula is C31H24FN9O7. The molecule has 7 N–H and O–H groups in total. The zero-order valence-corrected chi connectivity index (χ0v) is 24.7. The first-order valence-corrected chi connectivity index (χ1v) is 14.5. The third-order valence-electron chi connectivity index (χ3n) is 8.13. The van der Waals surface area contributed by atoms with Crippen LogP contribution in [0.3, 0.4) is 0 Å². The van der Waals surface area contributed by atoms with Crippen LogP contribution in [0, 0.1) is 5.82 Å². The average Bonchev–Trinajstić information content (AvgIpc) is 3.82. The largest absolute Gasteiger partial charge is 0.493 e. The molecule has 0 spiro atoms. The number of amides is 2. The van der Waals surface area contributed by atoms with Gasteiger partial charge in [-0.15, -0.1) is 0 Å². The number of aromatic nitrogens is 5. The van der Waals surface area contributed by atoms with Crippen LogP contribution in [0.4, 0.5) is 15.8 Å². The number of carbonyl (C=O) groups is 2. The number of hydrogen-bond donors (Lipinski definition) is 6. The minimum Gasteiger partial charge on any atom is -0.493 e. The summed E-state index contributed by atoms with van der Waals surface area (Å²) in [6, 6.07) is 10.4. The number of nitrogen functional groups attached to an aromatic ring is 1. The zero-order chi connectivity index (χ0) is 33.7. The Morgan fingerprint density at radius 1 is 1.08 bits per heavy atom. The number of benzene rings is 2. The Labute approximate surface area is 267 Å². The van der Waals surface area contributed by atoms with E-state index in [0.717, 1.165) is 21.7 Å². The Hall–Kier alpha value is -6.65. The first-order chi connectivity index (χ1) is 23.1. The van der Waals surface area contributed by atoms with Gasteiger partial charge in [-0.3, -0.25) is 28.7 Å². The second kappa shape index (κ2) is 11.6. The molecule has 3 aromatic heterocycles. The average molecular weight is 654 g/mol. The molecule has 0 fully saturated rings. The molecule has 1 aliphatic rings. The summed E-state index contributed by atoms with van der Waals surface area (Å²) in [6.45, 7) is -0.206. The number of H-pyrrole nitrogens is 1. The number of aromatic hydroxyl groups is 1. The van der Waals surface area contributed by atoms with Crippen molar-refractivity contribution in [2.75, 3.05) is 11.1 Å². The summed E-state index contributed by atoms with van der Waals surface area (Å²) >= 11 is 0. The van der Waals surface area contributed by atoms with Gasteiger partial charge in [-0.05, 0) is 53.8 Å². The Bertz CT molecular complexity index is 2400. The van der Waals surface area contributed by atoms with Crippen LogP contribution in [0.25, 0.3) is 17.2 Å². The number of halogens is 1. The van der Waals surface area contributed by atoms with E-state index in [1.807, 2.05) is 12.1 Å². The lowest BCUT2D eigenvalue weighted by Gasteiger charge is -2.15. The molecule has 3 heterocycles. The predicted octanol–water partition coefficient (Wildman–Crippen LogP) is 1.05. The van der Waals surface area contributed by atoms with Gasteiger partial charge >= 0.3 is 5.76 Å². The summed E-state index contributed by atoms with van der Waals surface area (Å²) in [7, 11) is 0. The number of anilines is 2. The molecule has 0 aliphatic heterocycles. The molecule has 0 bridgehead atoms. The SMILES string of the molecule is Nc1c(NCc2cc(CNC(=O)c3cc(C(=O)N[C@H]4CCc5cc(-c6noc(=O)[nH]6)ccc54)nc4ncc(O)n34)ccc2F)c(=O)c1=O. The zero-order valence-electron chi connectivity index (χ0n) is 24.7. The number of imidazole rings is 1. The molecule has 6 aromatic rings. The standard InChI is InChI=1S/C31H24FN9O7/c32-18-5-1-13(7-16(18)11-34-24-23(33)25(43)26(24)44)10-35-29(46)21-9-20(38-30-36-12-22(42)41(21)30)28(45)37-19-6-3-14-8-15(2-4-17(14)19)27-39-31(47)48-40-27/h1-2,4-5,7-9,12,19,34,42H,3,6,10-11,33H2,(H,35,46)(H,37,45)(H,39,40,47)/t19-/m0/s1. The fourth-order valence-corrected chi connectivity index (χ4v) is 5.68. The number of nitrogens with one attached hydrogen (secondary N) is 4. The minimum absolute atomic E-state index is 0.0712. The molecule has 0 unspecified atom stereocenters. The third kappa shape index (κ3) is 5.31. The van der Waals surface area contributed by atoms with Crippen molar-refractivity contribution in [1.82, 2.24) is 35.1 Å². The first-order valence-electron chi connectivity index (χ1n) is 14.5. The van der Waals surface area contributed by atoms with Gasteiger partial charge in [0.15, 0.2) is 5.82 Å². The highest BCUT2D eigenvalue weighted by Crippen LogP contribution is 2.33. The molecule has 1 atom stereocenters. The van der Waals surface area contributed by atoms with Crippen LogP contribution in [0.5, 0.6) is 5.88 Å². The van der Waals surface area contributed by atoms with Crippen LogP contribution in [-0.2, 0) is 19.5 Å². The molecule has 3 aromatic carbocycles. The quantitative estimate of drug-likeness (QED) is 0.120. The molecule has 17 heteroatoms. The first kappa shape index (κ1) is 30.0. The van der Waals surface area contributed by atoms with E-state index in [1.165, 1.54) is 24.3 Å². The third-order valence-corrected chi connectivity index (χ3v) is 8.13. The van der Waals surface area contributed by atoms with Crippen molar-refractivity contribution >= 4 is 29.0 Å². The molecular weight excluding hydrogens is 629 g/mol. The fraction of sp³-hybridized carbons (Fsp3) is 0.161. The Balaban J connectivity index is 1.07. The lowest BCUT2D eigenvalue weighted by atomic mass is 10.0. The van der Waals surface area contributed by atoms with Crippen LogP contribution in [-0.4, -0.2) is 41.4 Å². The molecule has 16 nitrogen and oxygen atoms in total. The van der Waals surface area contributed by atoms with E-state index >= 15 is 0 Å². The maximum atomic E-state index is 14.5. The summed E-state index contributed by atoms with van der Waals surface area (Å²) < 4.78 is 20.1. The summed E-state index contributed by atoms with van der Waals surface area (Å²) in [5.74, 6) is -2.68. The summed E-state index contributed by atoms with van der Waals surface area (Å²) in [4.78, 5) is 71.9. The summed E-state index contributed by atoms with van der Waals surface area (Å²) in [6.07, 6.45) is 2.33. The van der Waals surface area contributed by atoms with E-state index in [0.29, 0.717) is 29.8 Å². The van der Waals surface area contributed by atoms with Gasteiger partial charge in [0.1, 0.15) is 28.6 Å². The monoisotopic (exact) mass is 653 g/mol. The number of aryl methyl sites for hydroxylation is 1. The summed E-state index contributed by atoms with van der Waals surface area (Å²) in [5, 5.41) is 22.4. The highest BCUT2D eigenvalue weighted by atomic mass is 19.1. The van der Waals surface area contributed by atoms with Crippen LogP contribution >= 0.6 is 0 Å². The van der Waals surface area contributed by atoms with Crippen molar-refractivity contribution in [3.8, 4) is 17.3 Å². The van der Waals surface area contributed by atoms with Crippen molar-refractivity contribution in [2.24, 2.45) is 0 Å². The Kier molecular flexibility index (Phi) is 7.26. The van der Waals surface area contributed by atoms with Gasteiger partial charge in [-0.25, -0.2) is 23.6 Å². The number of aromatic amines is 1. The smallest absolute Gasteiger partial charge is 0.439 e. The molecule has 242 valence electrons. The van der Waals surface area contributed by atoms with Gasteiger partial charge in [0.05, 0.1) is 12.2 Å². The van der Waals surface area contributed by atoms with Gasteiger partial charge < -0.3 is 26.8 Å². The predicted molar refractivity (Wildman–Crippen MR) is 166 cm³/mol. The molecule has 48 heavy (non-hydrogen) atoms. The van der Waals surface area contributed by atoms with E-state index in [9.17, 15) is 33.5 Å². The molecule has 7 rings (SSSR count). The molecule has 0 saturated carbocycles. The van der Waals surface area contributed by atoms with Crippen LogP contribution in [0.2, 0.25) is 0 Å². The highest BCUT2D eigenvalue weighted by Gasteiger charge is 2.27. The van der Waals surface area contributed by atoms with Gasteiger partial charge in [0.25, 0.3) is 22.7 Å². The molecule has 1 aliphatic carbocycles. The van der Waals surface area contributed by atoms with E-state index in [1.54, 1.807) is 6.07 Å². The molecule has 0 saturated heterocycles. The minimum atomic E-state index is -0.799. The number of nitrogens with zero attached hydrogens (tertiary/aromatic N) is 4. The van der Waals surface area contributed by atoms with E-state index in [2.05, 4.69) is 40.6 Å².